The average molecular weight is 1390 g/mol. The third-order valence-electron chi connectivity index (χ3n) is 16.5. The number of nitrogens with zero attached hydrogens (tertiary/aromatic N) is 2. The number of hydrogen-bond donors (Lipinski definition) is 2. The summed E-state index contributed by atoms with van der Waals surface area (Å²) in [5.74, 6) is 0. The van der Waals surface area contributed by atoms with E-state index >= 15 is 0 Å². The van der Waals surface area contributed by atoms with Gasteiger partial charge >= 0.3 is 0 Å². The SMILES string of the molecule is C1CCOC1.C1CCOC1.Cc1c(C)c(C)[c-]([Si](C)(C)[N-]c2ccccc2)c1C.Cc1c(C)c(C)[c-]([Si](C)(C)[N-]c2ccccc2)c1C.OC1(C2(O)c3ccccc3-c3ccccc32)c2ccccc2-c2ccccc21.[Yb].[Yb]. The molecule has 2 N–H and O–H groups in total. The van der Waals surface area contributed by atoms with E-state index in [9.17, 15) is 10.2 Å². The molecule has 8 aromatic carbocycles. The first-order valence-corrected chi connectivity index (χ1v) is 33.3. The van der Waals surface area contributed by atoms with E-state index in [4.69, 9.17) is 19.4 Å². The van der Waals surface area contributed by atoms with Crippen LogP contribution in [0.2, 0.25) is 26.2 Å². The Bertz CT molecular complexity index is 2870. The summed E-state index contributed by atoms with van der Waals surface area (Å²) in [6.45, 7) is 31.3. The number of aliphatic hydroxyl groups is 2. The summed E-state index contributed by atoms with van der Waals surface area (Å²) in [7, 11) is -3.59. The molecular formula is C68H80N2O4Si2Yb2-4. The summed E-state index contributed by atoms with van der Waals surface area (Å²) < 4.78 is 9.89. The van der Waals surface area contributed by atoms with Crippen molar-refractivity contribution in [3.8, 4) is 22.3 Å². The van der Waals surface area contributed by atoms with E-state index in [2.05, 4.69) is 130 Å². The van der Waals surface area contributed by atoms with Crippen molar-refractivity contribution in [2.45, 2.75) is 118 Å². The Labute approximate surface area is 546 Å². The molecule has 12 rings (SSSR count). The van der Waals surface area contributed by atoms with Crippen molar-refractivity contribution in [3.63, 3.8) is 0 Å². The Morgan fingerprint density at radius 2 is 0.577 bits per heavy atom. The molecule has 2 aliphatic carbocycles. The zero-order valence-corrected chi connectivity index (χ0v) is 53.2. The maximum absolute atomic E-state index is 12.4. The first kappa shape index (κ1) is 64.1. The largest absolute Gasteiger partial charge is 0.692 e. The predicted octanol–water partition coefficient (Wildman–Crippen LogP) is 15.9. The number of benzene rings is 6. The minimum atomic E-state index is -1.79. The summed E-state index contributed by atoms with van der Waals surface area (Å²) >= 11 is 0. The molecule has 4 aliphatic rings. The van der Waals surface area contributed by atoms with Gasteiger partial charge < -0.3 is 29.7 Å². The second kappa shape index (κ2) is 27.8. The van der Waals surface area contributed by atoms with Crippen molar-refractivity contribution in [2.24, 2.45) is 0 Å². The second-order valence-corrected chi connectivity index (χ2v) is 29.7. The van der Waals surface area contributed by atoms with Gasteiger partial charge in [-0.2, -0.15) is 54.9 Å². The van der Waals surface area contributed by atoms with Crippen LogP contribution in [-0.4, -0.2) is 53.1 Å². The van der Waals surface area contributed by atoms with Crippen molar-refractivity contribution in [1.29, 1.82) is 0 Å². The monoisotopic (exact) mass is 1390 g/mol. The summed E-state index contributed by atoms with van der Waals surface area (Å²) in [6.07, 6.45) is 5.11. The van der Waals surface area contributed by atoms with E-state index in [1.165, 1.54) is 80.6 Å². The van der Waals surface area contributed by atoms with Crippen LogP contribution in [0.3, 0.4) is 0 Å². The van der Waals surface area contributed by atoms with Gasteiger partial charge in [0.05, 0.1) is 0 Å². The summed E-state index contributed by atoms with van der Waals surface area (Å²) in [5, 5.41) is 27.8. The third kappa shape index (κ3) is 13.1. The van der Waals surface area contributed by atoms with Gasteiger partial charge in [-0.25, -0.2) is 0 Å². The molecule has 0 saturated carbocycles. The number of hydrogen-bond acceptors (Lipinski definition) is 4. The standard InChI is InChI=1S/C26H18O2.2C17H23NSi.2C4H8O.2Yb/c27-25(21-13-5-1-9-17(21)18-10-2-6-14-22(18)25)26(28)23-15-7-3-11-19(23)20-12-4-8-16-24(20)26;2*1-12-13(2)15(4)17(14(12)3)19(5,6)18-16-10-8-7-9-11-16;2*1-2-4-5-3-1;;/h1-16,27-28H;2*7-11H,1-6H3;2*1-4H2;;/q;2*-2;;;;. The Morgan fingerprint density at radius 3 is 0.795 bits per heavy atom. The minimum Gasteiger partial charge on any atom is -0.692 e. The fourth-order valence-corrected chi connectivity index (χ4v) is 18.5. The molecule has 2 fully saturated rings. The fourth-order valence-electron chi connectivity index (χ4n) is 12.3. The van der Waals surface area contributed by atoms with Gasteiger partial charge in [0, 0.05) is 120 Å². The Balaban J connectivity index is 0.000000175. The first-order chi connectivity index (χ1) is 36.4. The quantitative estimate of drug-likeness (QED) is 0.123. The maximum Gasteiger partial charge on any atom is 0.153 e. The van der Waals surface area contributed by atoms with E-state index < -0.39 is 27.7 Å². The molecule has 2 saturated heterocycles. The summed E-state index contributed by atoms with van der Waals surface area (Å²) in [5.41, 5.74) is 17.5. The first-order valence-electron chi connectivity index (χ1n) is 27.4. The Hall–Kier alpha value is -3.07. The van der Waals surface area contributed by atoms with Gasteiger partial charge in [-0.1, -0.05) is 256 Å². The van der Waals surface area contributed by atoms with Gasteiger partial charge in [0.15, 0.2) is 11.2 Å². The van der Waals surface area contributed by atoms with Gasteiger partial charge in [-0.05, 0) is 70.2 Å². The van der Waals surface area contributed by atoms with E-state index in [1.807, 2.05) is 109 Å². The Kier molecular flexibility index (Phi) is 22.8. The van der Waals surface area contributed by atoms with Crippen molar-refractivity contribution < 1.29 is 114 Å². The van der Waals surface area contributed by atoms with E-state index in [1.54, 1.807) is 0 Å². The minimum absolute atomic E-state index is 0. The van der Waals surface area contributed by atoms with Crippen LogP contribution in [0.15, 0.2) is 158 Å². The molecule has 0 spiro atoms. The van der Waals surface area contributed by atoms with Crippen LogP contribution in [0.4, 0.5) is 11.4 Å². The molecular weight excluding hydrogens is 1310 g/mol. The molecule has 0 unspecified atom stereocenters. The van der Waals surface area contributed by atoms with Crippen molar-refractivity contribution in [2.75, 3.05) is 26.4 Å². The third-order valence-corrected chi connectivity index (χ3v) is 22.0. The number of rotatable bonds is 7. The van der Waals surface area contributed by atoms with E-state index in [-0.39, 0.29) is 93.8 Å². The van der Waals surface area contributed by atoms with Gasteiger partial charge in [-0.15, -0.1) is 11.4 Å². The molecule has 78 heavy (non-hydrogen) atoms. The molecule has 426 valence electrons. The van der Waals surface area contributed by atoms with Crippen LogP contribution < -0.4 is 10.4 Å². The summed E-state index contributed by atoms with van der Waals surface area (Å²) in [4.78, 5) is 10.2. The molecule has 0 aromatic heterocycles. The smallest absolute Gasteiger partial charge is 0.153 e. The van der Waals surface area contributed by atoms with Crippen LogP contribution >= 0.6 is 0 Å². The molecule has 8 aromatic rings. The molecule has 0 amide bonds. The molecule has 0 atom stereocenters. The topological polar surface area (TPSA) is 87.1 Å². The van der Waals surface area contributed by atoms with Gasteiger partial charge in [0.2, 0.25) is 0 Å². The zero-order valence-electron chi connectivity index (χ0n) is 47.8. The van der Waals surface area contributed by atoms with Crippen LogP contribution in [0, 0.1) is 149 Å². The number of ether oxygens (including phenoxy) is 2. The molecule has 2 heterocycles. The second-order valence-electron chi connectivity index (χ2n) is 22.0. The number of fused-ring (bicyclic) bond motifs is 6. The van der Waals surface area contributed by atoms with Crippen LogP contribution in [-0.2, 0) is 20.7 Å². The predicted molar refractivity (Wildman–Crippen MR) is 325 cm³/mol. The van der Waals surface area contributed by atoms with Crippen molar-refractivity contribution >= 4 is 38.2 Å². The van der Waals surface area contributed by atoms with Gasteiger partial charge in [0.25, 0.3) is 0 Å². The van der Waals surface area contributed by atoms with Gasteiger partial charge in [0.1, 0.15) is 0 Å². The zero-order chi connectivity index (χ0) is 54.4. The molecule has 6 nitrogen and oxygen atoms in total. The van der Waals surface area contributed by atoms with E-state index in [0.717, 1.165) is 82.3 Å². The van der Waals surface area contributed by atoms with Crippen molar-refractivity contribution in [3.05, 3.63) is 234 Å². The van der Waals surface area contributed by atoms with Crippen LogP contribution in [0.1, 0.15) is 92.4 Å². The summed E-state index contributed by atoms with van der Waals surface area (Å²) in [6, 6.07) is 52.1. The van der Waals surface area contributed by atoms with Gasteiger partial charge in [-0.3, -0.25) is 0 Å². The molecule has 0 radical (unpaired) electrons. The molecule has 10 heteroatoms. The average Bonchev–Trinajstić information content (AvgIpc) is 3.80. The van der Waals surface area contributed by atoms with Crippen LogP contribution in [0.25, 0.3) is 32.2 Å². The normalized spacial score (nSPS) is 14.8. The molecule has 2 aliphatic heterocycles. The Morgan fingerprint density at radius 1 is 0.359 bits per heavy atom. The van der Waals surface area contributed by atoms with Crippen molar-refractivity contribution in [1.82, 2.24) is 0 Å². The fraction of sp³-hybridized carbons (Fsp3) is 0.324. The van der Waals surface area contributed by atoms with E-state index in [0.29, 0.717) is 0 Å². The maximum atomic E-state index is 12.4. The van der Waals surface area contributed by atoms with Crippen LogP contribution in [0.5, 0.6) is 0 Å². The molecule has 0 bridgehead atoms.